The first kappa shape index (κ1) is 18.0. The van der Waals surface area contributed by atoms with Crippen molar-refractivity contribution < 1.29 is 4.74 Å². The molecule has 0 aromatic rings. The maximum atomic E-state index is 5.80. The van der Waals surface area contributed by atoms with Crippen LogP contribution in [0.25, 0.3) is 0 Å². The predicted octanol–water partition coefficient (Wildman–Crippen LogP) is 2.70. The van der Waals surface area contributed by atoms with Crippen molar-refractivity contribution in [1.82, 2.24) is 19.6 Å². The summed E-state index contributed by atoms with van der Waals surface area (Å²) in [6, 6.07) is 0. The van der Waals surface area contributed by atoms with E-state index in [1.807, 2.05) is 0 Å². The van der Waals surface area contributed by atoms with Crippen molar-refractivity contribution in [3.8, 4) is 0 Å². The number of unbranched alkanes of at least 4 members (excludes halogenated alkanes) is 2. The molecule has 0 saturated heterocycles. The van der Waals surface area contributed by atoms with Gasteiger partial charge in [0.05, 0.1) is 26.6 Å². The smallest absolute Gasteiger partial charge is 0.0894 e. The van der Waals surface area contributed by atoms with Crippen LogP contribution in [0.5, 0.6) is 0 Å². The van der Waals surface area contributed by atoms with Gasteiger partial charge in [-0.2, -0.15) is 0 Å². The Morgan fingerprint density at radius 1 is 0.652 bits per heavy atom. The van der Waals surface area contributed by atoms with E-state index in [4.69, 9.17) is 4.74 Å². The zero-order valence-electron chi connectivity index (χ0n) is 15.0. The summed E-state index contributed by atoms with van der Waals surface area (Å²) < 4.78 is 5.80. The van der Waals surface area contributed by atoms with Gasteiger partial charge < -0.3 is 24.3 Å². The van der Waals surface area contributed by atoms with Gasteiger partial charge >= 0.3 is 0 Å². The van der Waals surface area contributed by atoms with E-state index in [9.17, 15) is 0 Å². The SMILES string of the molecule is CCCCN1C=CN(CCOCCN2C=CN(CCCC)C2)C1. The summed E-state index contributed by atoms with van der Waals surface area (Å²) in [6.45, 7) is 12.4. The molecule has 2 aliphatic rings. The Morgan fingerprint density at radius 3 is 1.43 bits per heavy atom. The van der Waals surface area contributed by atoms with Crippen molar-refractivity contribution in [3.05, 3.63) is 24.8 Å². The third-order valence-corrected chi connectivity index (χ3v) is 4.35. The monoisotopic (exact) mass is 322 g/mol. The normalized spacial score (nSPS) is 17.1. The van der Waals surface area contributed by atoms with Gasteiger partial charge in [0.2, 0.25) is 0 Å². The molecule has 0 N–H and O–H groups in total. The molecule has 2 heterocycles. The molecule has 5 heteroatoms. The topological polar surface area (TPSA) is 22.2 Å². The van der Waals surface area contributed by atoms with E-state index in [-0.39, 0.29) is 0 Å². The molecule has 0 bridgehead atoms. The molecule has 0 atom stereocenters. The Bertz CT molecular complexity index is 338. The first-order valence-corrected chi connectivity index (χ1v) is 9.22. The van der Waals surface area contributed by atoms with E-state index in [2.05, 4.69) is 58.2 Å². The highest BCUT2D eigenvalue weighted by Crippen LogP contribution is 2.08. The molecule has 0 radical (unpaired) electrons. The minimum Gasteiger partial charge on any atom is -0.378 e. The fraction of sp³-hybridized carbons (Fsp3) is 0.778. The molecule has 23 heavy (non-hydrogen) atoms. The van der Waals surface area contributed by atoms with Crippen molar-refractivity contribution in [2.45, 2.75) is 39.5 Å². The van der Waals surface area contributed by atoms with E-state index in [0.717, 1.165) is 39.6 Å². The maximum absolute atomic E-state index is 5.80. The van der Waals surface area contributed by atoms with Gasteiger partial charge in [-0.05, 0) is 12.8 Å². The number of hydrogen-bond acceptors (Lipinski definition) is 5. The van der Waals surface area contributed by atoms with Crippen molar-refractivity contribution in [1.29, 1.82) is 0 Å². The third kappa shape index (κ3) is 6.73. The molecule has 5 nitrogen and oxygen atoms in total. The number of ether oxygens (including phenoxy) is 1. The molecule has 132 valence electrons. The van der Waals surface area contributed by atoms with Crippen LogP contribution < -0.4 is 0 Å². The van der Waals surface area contributed by atoms with E-state index >= 15 is 0 Å². The summed E-state index contributed by atoms with van der Waals surface area (Å²) >= 11 is 0. The average molecular weight is 322 g/mol. The molecule has 2 aliphatic heterocycles. The van der Waals surface area contributed by atoms with E-state index in [1.54, 1.807) is 0 Å². The molecular formula is C18H34N4O. The first-order chi connectivity index (χ1) is 11.3. The average Bonchev–Trinajstić information content (AvgIpc) is 3.20. The van der Waals surface area contributed by atoms with Crippen LogP contribution in [0.4, 0.5) is 0 Å². The highest BCUT2D eigenvalue weighted by Gasteiger charge is 2.12. The molecule has 0 amide bonds. The lowest BCUT2D eigenvalue weighted by Crippen LogP contribution is -2.30. The van der Waals surface area contributed by atoms with Crippen LogP contribution in [-0.4, -0.2) is 72.3 Å². The van der Waals surface area contributed by atoms with Gasteiger partial charge in [-0.3, -0.25) is 0 Å². The van der Waals surface area contributed by atoms with Crippen molar-refractivity contribution in [3.63, 3.8) is 0 Å². The second-order valence-corrected chi connectivity index (χ2v) is 6.45. The quantitative estimate of drug-likeness (QED) is 0.514. The van der Waals surface area contributed by atoms with Gasteiger partial charge in [0.15, 0.2) is 0 Å². The Labute approximate surface area is 142 Å². The van der Waals surface area contributed by atoms with Crippen molar-refractivity contribution in [2.24, 2.45) is 0 Å². The Kier molecular flexibility index (Phi) is 8.15. The van der Waals surface area contributed by atoms with Gasteiger partial charge in [0.25, 0.3) is 0 Å². The van der Waals surface area contributed by atoms with Crippen LogP contribution in [0.15, 0.2) is 24.8 Å². The van der Waals surface area contributed by atoms with E-state index in [0.29, 0.717) is 0 Å². The summed E-state index contributed by atoms with van der Waals surface area (Å²) in [5, 5.41) is 0. The summed E-state index contributed by atoms with van der Waals surface area (Å²) in [6.07, 6.45) is 13.8. The summed E-state index contributed by atoms with van der Waals surface area (Å²) in [7, 11) is 0. The van der Waals surface area contributed by atoms with Gasteiger partial charge in [0, 0.05) is 51.0 Å². The zero-order valence-corrected chi connectivity index (χ0v) is 15.0. The molecule has 0 saturated carbocycles. The summed E-state index contributed by atoms with van der Waals surface area (Å²) in [5.74, 6) is 0. The highest BCUT2D eigenvalue weighted by molar-refractivity contribution is 4.91. The van der Waals surface area contributed by atoms with Gasteiger partial charge in [0.1, 0.15) is 0 Å². The fourth-order valence-electron chi connectivity index (χ4n) is 2.80. The number of hydrogen-bond donors (Lipinski definition) is 0. The molecule has 0 spiro atoms. The first-order valence-electron chi connectivity index (χ1n) is 9.22. The van der Waals surface area contributed by atoms with Crippen LogP contribution in [0.3, 0.4) is 0 Å². The standard InChI is InChI=1S/C18H34N4O/c1-3-5-7-19-9-11-21(17-19)13-15-23-16-14-22-12-10-20(18-22)8-6-4-2/h9-12H,3-8,13-18H2,1-2H3. The molecule has 2 rings (SSSR count). The fourth-order valence-corrected chi connectivity index (χ4v) is 2.80. The van der Waals surface area contributed by atoms with E-state index in [1.165, 1.54) is 38.8 Å². The third-order valence-electron chi connectivity index (χ3n) is 4.35. The minimum atomic E-state index is 0.809. The lowest BCUT2D eigenvalue weighted by molar-refractivity contribution is 0.0935. The molecule has 0 aromatic carbocycles. The van der Waals surface area contributed by atoms with Gasteiger partial charge in [-0.25, -0.2) is 0 Å². The number of nitrogens with zero attached hydrogens (tertiary/aromatic N) is 4. The van der Waals surface area contributed by atoms with Crippen molar-refractivity contribution in [2.75, 3.05) is 52.7 Å². The Balaban J connectivity index is 1.45. The summed E-state index contributed by atoms with van der Waals surface area (Å²) in [4.78, 5) is 9.42. The van der Waals surface area contributed by atoms with Crippen LogP contribution in [0.2, 0.25) is 0 Å². The Hall–Kier alpha value is -1.36. The highest BCUT2D eigenvalue weighted by atomic mass is 16.5. The van der Waals surface area contributed by atoms with Crippen molar-refractivity contribution >= 4 is 0 Å². The van der Waals surface area contributed by atoms with Crippen LogP contribution >= 0.6 is 0 Å². The molecule has 0 aromatic heterocycles. The lowest BCUT2D eigenvalue weighted by atomic mass is 10.3. The van der Waals surface area contributed by atoms with Gasteiger partial charge in [-0.15, -0.1) is 0 Å². The lowest BCUT2D eigenvalue weighted by Gasteiger charge is -2.22. The van der Waals surface area contributed by atoms with Crippen LogP contribution in [0, 0.1) is 0 Å². The molecule has 0 fully saturated rings. The molecular weight excluding hydrogens is 288 g/mol. The van der Waals surface area contributed by atoms with Crippen LogP contribution in [0.1, 0.15) is 39.5 Å². The second-order valence-electron chi connectivity index (χ2n) is 6.45. The molecule has 0 unspecified atom stereocenters. The predicted molar refractivity (Wildman–Crippen MR) is 95.5 cm³/mol. The minimum absolute atomic E-state index is 0.809. The largest absolute Gasteiger partial charge is 0.378 e. The van der Waals surface area contributed by atoms with Gasteiger partial charge in [-0.1, -0.05) is 26.7 Å². The zero-order chi connectivity index (χ0) is 16.3. The molecule has 0 aliphatic carbocycles. The van der Waals surface area contributed by atoms with Crippen LogP contribution in [-0.2, 0) is 4.74 Å². The maximum Gasteiger partial charge on any atom is 0.0894 e. The number of rotatable bonds is 12. The summed E-state index contributed by atoms with van der Waals surface area (Å²) in [5.41, 5.74) is 0. The second kappa shape index (κ2) is 10.4. The Morgan fingerprint density at radius 2 is 1.04 bits per heavy atom. The van der Waals surface area contributed by atoms with E-state index < -0.39 is 0 Å².